The molecule has 2 nitrogen and oxygen atoms in total. The summed E-state index contributed by atoms with van der Waals surface area (Å²) >= 11 is 0. The molecule has 21 heavy (non-hydrogen) atoms. The number of nitrogens with zero attached hydrogens (tertiary/aromatic N) is 1. The first-order valence-electron chi connectivity index (χ1n) is 8.44. The number of rotatable bonds is 5. The fourth-order valence-electron chi connectivity index (χ4n) is 3.89. The van der Waals surface area contributed by atoms with Crippen LogP contribution < -0.4 is 5.73 Å². The molecule has 0 saturated heterocycles. The molecule has 2 heteroatoms. The normalized spacial score (nSPS) is 26.5. The van der Waals surface area contributed by atoms with Gasteiger partial charge >= 0.3 is 0 Å². The Morgan fingerprint density at radius 2 is 2.14 bits per heavy atom. The zero-order valence-corrected chi connectivity index (χ0v) is 14.2. The molecule has 0 spiro atoms. The average molecular weight is 288 g/mol. The third kappa shape index (κ3) is 3.87. The summed E-state index contributed by atoms with van der Waals surface area (Å²) in [5.41, 5.74) is 9.17. The van der Waals surface area contributed by atoms with Gasteiger partial charge in [-0.05, 0) is 44.2 Å². The van der Waals surface area contributed by atoms with E-state index in [1.165, 1.54) is 36.8 Å². The van der Waals surface area contributed by atoms with E-state index >= 15 is 0 Å². The highest BCUT2D eigenvalue weighted by atomic mass is 15.2. The minimum Gasteiger partial charge on any atom is -0.329 e. The Balaban J connectivity index is 2.11. The predicted octanol–water partition coefficient (Wildman–Crippen LogP) is 3.97. The molecule has 118 valence electrons. The van der Waals surface area contributed by atoms with Crippen molar-refractivity contribution in [2.75, 3.05) is 13.6 Å². The third-order valence-corrected chi connectivity index (χ3v) is 5.49. The van der Waals surface area contributed by atoms with Crippen molar-refractivity contribution in [1.82, 2.24) is 4.90 Å². The van der Waals surface area contributed by atoms with Crippen LogP contribution in [0.3, 0.4) is 0 Å². The van der Waals surface area contributed by atoms with Gasteiger partial charge in [0.05, 0.1) is 0 Å². The van der Waals surface area contributed by atoms with Crippen LogP contribution in [0.15, 0.2) is 24.3 Å². The fraction of sp³-hybridized carbons (Fsp3) is 0.684. The SMILES string of the molecule is Cc1cccc(CN(C)C2(CN)CCCC(C(C)C)C2)c1. The standard InChI is InChI=1S/C19H32N2/c1-15(2)18-9-6-10-19(12-18,14-20)21(4)13-17-8-5-7-16(3)11-17/h5,7-8,11,15,18H,6,9-10,12-14,20H2,1-4H3. The molecule has 0 aliphatic heterocycles. The van der Waals surface area contributed by atoms with Crippen molar-refractivity contribution in [3.63, 3.8) is 0 Å². The van der Waals surface area contributed by atoms with Crippen LogP contribution >= 0.6 is 0 Å². The van der Waals surface area contributed by atoms with Gasteiger partial charge in [0.1, 0.15) is 0 Å². The van der Waals surface area contributed by atoms with E-state index in [-0.39, 0.29) is 5.54 Å². The molecule has 1 aliphatic rings. The number of aryl methyl sites for hydroxylation is 1. The fourth-order valence-corrected chi connectivity index (χ4v) is 3.89. The molecule has 0 aromatic heterocycles. The summed E-state index contributed by atoms with van der Waals surface area (Å²) in [6.45, 7) is 8.66. The molecule has 0 amide bonds. The summed E-state index contributed by atoms with van der Waals surface area (Å²) in [5.74, 6) is 1.59. The lowest BCUT2D eigenvalue weighted by atomic mass is 9.71. The van der Waals surface area contributed by atoms with Crippen LogP contribution in [0.1, 0.15) is 50.7 Å². The molecule has 1 aromatic rings. The van der Waals surface area contributed by atoms with Gasteiger partial charge in [0.2, 0.25) is 0 Å². The predicted molar refractivity (Wildman–Crippen MR) is 91.2 cm³/mol. The van der Waals surface area contributed by atoms with Crippen LogP contribution in [0.5, 0.6) is 0 Å². The van der Waals surface area contributed by atoms with Crippen LogP contribution in [0.4, 0.5) is 0 Å². The highest BCUT2D eigenvalue weighted by Crippen LogP contribution is 2.39. The number of benzene rings is 1. The maximum Gasteiger partial charge on any atom is 0.0334 e. The van der Waals surface area contributed by atoms with E-state index in [1.54, 1.807) is 0 Å². The van der Waals surface area contributed by atoms with Crippen molar-refractivity contribution < 1.29 is 0 Å². The maximum absolute atomic E-state index is 6.24. The van der Waals surface area contributed by atoms with Crippen molar-refractivity contribution in [3.05, 3.63) is 35.4 Å². The van der Waals surface area contributed by atoms with E-state index in [9.17, 15) is 0 Å². The molecular weight excluding hydrogens is 256 g/mol. The highest BCUT2D eigenvalue weighted by molar-refractivity contribution is 5.22. The van der Waals surface area contributed by atoms with Gasteiger partial charge in [-0.2, -0.15) is 0 Å². The lowest BCUT2D eigenvalue weighted by Gasteiger charge is -2.47. The summed E-state index contributed by atoms with van der Waals surface area (Å²) in [5, 5.41) is 0. The van der Waals surface area contributed by atoms with E-state index in [0.717, 1.165) is 24.9 Å². The molecule has 1 fully saturated rings. The van der Waals surface area contributed by atoms with Gasteiger partial charge in [0.25, 0.3) is 0 Å². The quantitative estimate of drug-likeness (QED) is 0.888. The summed E-state index contributed by atoms with van der Waals surface area (Å²) in [6, 6.07) is 8.85. The second kappa shape index (κ2) is 6.93. The Hall–Kier alpha value is -0.860. The van der Waals surface area contributed by atoms with Gasteiger partial charge in [0.15, 0.2) is 0 Å². The van der Waals surface area contributed by atoms with Gasteiger partial charge in [0, 0.05) is 18.6 Å². The van der Waals surface area contributed by atoms with Gasteiger partial charge in [-0.1, -0.05) is 56.5 Å². The Kier molecular flexibility index (Phi) is 5.45. The first-order valence-corrected chi connectivity index (χ1v) is 8.44. The molecule has 2 rings (SSSR count). The molecule has 1 saturated carbocycles. The molecule has 1 aromatic carbocycles. The first kappa shape index (κ1) is 16.5. The number of nitrogens with two attached hydrogens (primary N) is 1. The van der Waals surface area contributed by atoms with Crippen molar-refractivity contribution in [2.24, 2.45) is 17.6 Å². The lowest BCUT2D eigenvalue weighted by Crippen LogP contribution is -2.54. The Morgan fingerprint density at radius 3 is 2.76 bits per heavy atom. The van der Waals surface area contributed by atoms with Crippen molar-refractivity contribution >= 4 is 0 Å². The molecule has 2 atom stereocenters. The van der Waals surface area contributed by atoms with Gasteiger partial charge in [-0.3, -0.25) is 4.90 Å². The molecular formula is C19H32N2. The van der Waals surface area contributed by atoms with Crippen molar-refractivity contribution in [1.29, 1.82) is 0 Å². The van der Waals surface area contributed by atoms with E-state index in [1.807, 2.05) is 0 Å². The minimum absolute atomic E-state index is 0.191. The van der Waals surface area contributed by atoms with Crippen LogP contribution in [-0.2, 0) is 6.54 Å². The van der Waals surface area contributed by atoms with Crippen molar-refractivity contribution in [3.8, 4) is 0 Å². The smallest absolute Gasteiger partial charge is 0.0334 e. The van der Waals surface area contributed by atoms with Crippen LogP contribution in [0, 0.1) is 18.8 Å². The topological polar surface area (TPSA) is 29.3 Å². The average Bonchev–Trinajstić information content (AvgIpc) is 2.47. The zero-order valence-electron chi connectivity index (χ0n) is 14.2. The summed E-state index contributed by atoms with van der Waals surface area (Å²) in [6.07, 6.45) is 5.19. The summed E-state index contributed by atoms with van der Waals surface area (Å²) in [4.78, 5) is 2.52. The zero-order chi connectivity index (χ0) is 15.5. The van der Waals surface area contributed by atoms with E-state index in [0.29, 0.717) is 0 Å². The van der Waals surface area contributed by atoms with E-state index in [2.05, 4.69) is 57.0 Å². The van der Waals surface area contributed by atoms with E-state index in [4.69, 9.17) is 5.73 Å². The first-order chi connectivity index (χ1) is 9.97. The molecule has 1 aliphatic carbocycles. The number of hydrogen-bond acceptors (Lipinski definition) is 2. The lowest BCUT2D eigenvalue weighted by molar-refractivity contribution is 0.0396. The van der Waals surface area contributed by atoms with Gasteiger partial charge in [-0.15, -0.1) is 0 Å². The Labute approximate surface area is 130 Å². The highest BCUT2D eigenvalue weighted by Gasteiger charge is 2.39. The number of likely N-dealkylation sites (N-methyl/N-ethyl adjacent to an activating group) is 1. The second-order valence-electron chi connectivity index (χ2n) is 7.37. The monoisotopic (exact) mass is 288 g/mol. The minimum atomic E-state index is 0.191. The maximum atomic E-state index is 6.24. The molecule has 0 bridgehead atoms. The molecule has 2 N–H and O–H groups in total. The van der Waals surface area contributed by atoms with Crippen LogP contribution in [0.2, 0.25) is 0 Å². The van der Waals surface area contributed by atoms with Gasteiger partial charge in [-0.25, -0.2) is 0 Å². The molecule has 0 heterocycles. The second-order valence-corrected chi connectivity index (χ2v) is 7.37. The Bertz CT molecular complexity index is 455. The van der Waals surface area contributed by atoms with E-state index < -0.39 is 0 Å². The van der Waals surface area contributed by atoms with Crippen LogP contribution in [0.25, 0.3) is 0 Å². The van der Waals surface area contributed by atoms with Gasteiger partial charge < -0.3 is 5.73 Å². The van der Waals surface area contributed by atoms with Crippen molar-refractivity contribution in [2.45, 2.75) is 58.5 Å². The largest absolute Gasteiger partial charge is 0.329 e. The number of hydrogen-bond donors (Lipinski definition) is 1. The third-order valence-electron chi connectivity index (χ3n) is 5.49. The summed E-state index contributed by atoms with van der Waals surface area (Å²) < 4.78 is 0. The van der Waals surface area contributed by atoms with Crippen LogP contribution in [-0.4, -0.2) is 24.0 Å². The summed E-state index contributed by atoms with van der Waals surface area (Å²) in [7, 11) is 2.26. The molecule has 2 unspecified atom stereocenters. The molecule has 0 radical (unpaired) electrons. The Morgan fingerprint density at radius 1 is 1.38 bits per heavy atom.